The first-order valence-corrected chi connectivity index (χ1v) is 6.57. The van der Waals surface area contributed by atoms with Crippen LogP contribution in [0.15, 0.2) is 42.5 Å². The molecule has 4 nitrogen and oxygen atoms in total. The molecule has 0 saturated carbocycles. The van der Waals surface area contributed by atoms with Crippen molar-refractivity contribution in [2.24, 2.45) is 0 Å². The second-order valence-electron chi connectivity index (χ2n) is 4.15. The number of aromatic carboxylic acids is 1. The molecule has 1 heterocycles. The fourth-order valence-corrected chi connectivity index (χ4v) is 2.63. The zero-order valence-electron chi connectivity index (χ0n) is 10.1. The Morgan fingerprint density at radius 3 is 2.80 bits per heavy atom. The molecular weight excluding hydrogens is 279 g/mol. The normalized spacial score (nSPS) is 10.7. The summed E-state index contributed by atoms with van der Waals surface area (Å²) < 4.78 is 18.1. The van der Waals surface area contributed by atoms with Crippen molar-refractivity contribution >= 4 is 39.1 Å². The predicted molar refractivity (Wildman–Crippen MR) is 76.3 cm³/mol. The number of nitrogens with one attached hydrogen (secondary N) is 1. The Bertz CT molecular complexity index is 801. The molecule has 0 amide bonds. The molecule has 0 unspecified atom stereocenters. The van der Waals surface area contributed by atoms with Gasteiger partial charge in [-0.25, -0.2) is 9.18 Å². The topological polar surface area (TPSA) is 62.2 Å². The van der Waals surface area contributed by atoms with Gasteiger partial charge in [-0.1, -0.05) is 12.1 Å². The lowest BCUT2D eigenvalue weighted by Crippen LogP contribution is -1.99. The van der Waals surface area contributed by atoms with Gasteiger partial charge in [0.15, 0.2) is 0 Å². The summed E-state index contributed by atoms with van der Waals surface area (Å²) in [6, 6.07) is 11.3. The van der Waals surface area contributed by atoms with Crippen LogP contribution in [0, 0.1) is 5.82 Å². The second kappa shape index (κ2) is 4.90. The van der Waals surface area contributed by atoms with E-state index in [9.17, 15) is 9.18 Å². The molecular formula is C14H9FN2O2S. The molecule has 3 rings (SSSR count). The van der Waals surface area contributed by atoms with Gasteiger partial charge < -0.3 is 10.4 Å². The van der Waals surface area contributed by atoms with Crippen LogP contribution in [0.25, 0.3) is 10.9 Å². The summed E-state index contributed by atoms with van der Waals surface area (Å²) in [4.78, 5) is 10.8. The highest BCUT2D eigenvalue weighted by molar-refractivity contribution is 7.11. The third-order valence-electron chi connectivity index (χ3n) is 2.85. The summed E-state index contributed by atoms with van der Waals surface area (Å²) in [5, 5.41) is 13.4. The first kappa shape index (κ1) is 12.6. The van der Waals surface area contributed by atoms with E-state index < -0.39 is 11.8 Å². The Balaban J connectivity index is 1.97. The van der Waals surface area contributed by atoms with Gasteiger partial charge in [0.25, 0.3) is 0 Å². The molecule has 0 aliphatic heterocycles. The van der Waals surface area contributed by atoms with E-state index in [1.54, 1.807) is 0 Å². The first-order chi connectivity index (χ1) is 9.65. The van der Waals surface area contributed by atoms with Crippen LogP contribution in [0.3, 0.4) is 0 Å². The standard InChI is InChI=1S/C14H9FN2O2S/c15-10-7-8(14(18)19)5-6-12(10)16-13-9-3-1-2-4-11(9)17-20-13/h1-7,16H,(H,18,19). The maximum atomic E-state index is 13.9. The maximum absolute atomic E-state index is 13.9. The molecule has 0 radical (unpaired) electrons. The third-order valence-corrected chi connectivity index (χ3v) is 3.64. The summed E-state index contributed by atoms with van der Waals surface area (Å²) in [6.45, 7) is 0. The Labute approximate surface area is 117 Å². The number of carbonyl (C=O) groups is 1. The third kappa shape index (κ3) is 2.21. The number of carboxylic acid groups (broad SMARTS) is 1. The summed E-state index contributed by atoms with van der Waals surface area (Å²) in [5.74, 6) is -1.76. The molecule has 20 heavy (non-hydrogen) atoms. The van der Waals surface area contributed by atoms with Crippen molar-refractivity contribution in [1.82, 2.24) is 4.37 Å². The number of carboxylic acids is 1. The summed E-state index contributed by atoms with van der Waals surface area (Å²) in [5.41, 5.74) is 0.981. The fraction of sp³-hybridized carbons (Fsp3) is 0. The molecule has 0 spiro atoms. The van der Waals surface area contributed by atoms with Crippen LogP contribution in [0.2, 0.25) is 0 Å². The highest BCUT2D eigenvalue weighted by Crippen LogP contribution is 2.31. The number of hydrogen-bond donors (Lipinski definition) is 2. The largest absolute Gasteiger partial charge is 0.478 e. The number of halogens is 1. The number of rotatable bonds is 3. The maximum Gasteiger partial charge on any atom is 0.335 e. The van der Waals surface area contributed by atoms with E-state index in [1.807, 2.05) is 24.3 Å². The molecule has 2 N–H and O–H groups in total. The van der Waals surface area contributed by atoms with E-state index in [2.05, 4.69) is 9.69 Å². The van der Waals surface area contributed by atoms with E-state index in [1.165, 1.54) is 23.7 Å². The van der Waals surface area contributed by atoms with Crippen LogP contribution >= 0.6 is 11.5 Å². The van der Waals surface area contributed by atoms with E-state index >= 15 is 0 Å². The summed E-state index contributed by atoms with van der Waals surface area (Å²) in [7, 11) is 0. The molecule has 6 heteroatoms. The van der Waals surface area contributed by atoms with Crippen molar-refractivity contribution in [3.05, 3.63) is 53.8 Å². The van der Waals surface area contributed by atoms with Crippen molar-refractivity contribution < 1.29 is 14.3 Å². The molecule has 0 saturated heterocycles. The number of fused-ring (bicyclic) bond motifs is 1. The Hall–Kier alpha value is -2.47. The Morgan fingerprint density at radius 2 is 2.05 bits per heavy atom. The van der Waals surface area contributed by atoms with Crippen molar-refractivity contribution in [2.45, 2.75) is 0 Å². The predicted octanol–water partition coefficient (Wildman–Crippen LogP) is 3.88. The van der Waals surface area contributed by atoms with Crippen LogP contribution in [0.4, 0.5) is 15.1 Å². The van der Waals surface area contributed by atoms with Gasteiger partial charge in [-0.3, -0.25) is 0 Å². The number of aromatic nitrogens is 1. The van der Waals surface area contributed by atoms with Gasteiger partial charge in [-0.05, 0) is 41.9 Å². The van der Waals surface area contributed by atoms with E-state index in [-0.39, 0.29) is 11.3 Å². The van der Waals surface area contributed by atoms with E-state index in [0.29, 0.717) is 0 Å². The lowest BCUT2D eigenvalue weighted by atomic mass is 10.2. The zero-order valence-corrected chi connectivity index (χ0v) is 10.9. The molecule has 3 aromatic rings. The van der Waals surface area contributed by atoms with Crippen molar-refractivity contribution in [2.75, 3.05) is 5.32 Å². The van der Waals surface area contributed by atoms with Crippen LogP contribution in [0.1, 0.15) is 10.4 Å². The molecule has 1 aromatic heterocycles. The average molecular weight is 288 g/mol. The fourth-order valence-electron chi connectivity index (χ4n) is 1.85. The number of hydrogen-bond acceptors (Lipinski definition) is 4. The van der Waals surface area contributed by atoms with E-state index in [0.717, 1.165) is 22.0 Å². The summed E-state index contributed by atoms with van der Waals surface area (Å²) >= 11 is 1.23. The van der Waals surface area contributed by atoms with E-state index in [4.69, 9.17) is 5.11 Å². The van der Waals surface area contributed by atoms with Crippen LogP contribution in [-0.2, 0) is 0 Å². The average Bonchev–Trinajstić information content (AvgIpc) is 2.84. The van der Waals surface area contributed by atoms with Crippen LogP contribution < -0.4 is 5.32 Å². The highest BCUT2D eigenvalue weighted by atomic mass is 32.1. The molecule has 0 aliphatic rings. The zero-order chi connectivity index (χ0) is 14.1. The molecule has 0 aliphatic carbocycles. The number of benzene rings is 2. The van der Waals surface area contributed by atoms with Gasteiger partial charge in [-0.2, -0.15) is 4.37 Å². The minimum Gasteiger partial charge on any atom is -0.478 e. The smallest absolute Gasteiger partial charge is 0.335 e. The highest BCUT2D eigenvalue weighted by Gasteiger charge is 2.11. The van der Waals surface area contributed by atoms with Crippen LogP contribution in [0.5, 0.6) is 0 Å². The molecule has 0 atom stereocenters. The van der Waals surface area contributed by atoms with Gasteiger partial charge >= 0.3 is 5.97 Å². The van der Waals surface area contributed by atoms with Crippen molar-refractivity contribution in [3.8, 4) is 0 Å². The van der Waals surface area contributed by atoms with Gasteiger partial charge in [0, 0.05) is 5.39 Å². The number of nitrogens with zero attached hydrogens (tertiary/aromatic N) is 1. The van der Waals surface area contributed by atoms with Crippen molar-refractivity contribution in [1.29, 1.82) is 0 Å². The van der Waals surface area contributed by atoms with Gasteiger partial charge in [0.05, 0.1) is 16.8 Å². The molecule has 100 valence electrons. The molecule has 0 bridgehead atoms. The Morgan fingerprint density at radius 1 is 1.25 bits per heavy atom. The lowest BCUT2D eigenvalue weighted by molar-refractivity contribution is 0.0696. The lowest BCUT2D eigenvalue weighted by Gasteiger charge is -2.06. The van der Waals surface area contributed by atoms with Gasteiger partial charge in [0.2, 0.25) is 0 Å². The van der Waals surface area contributed by atoms with Gasteiger partial charge in [-0.15, -0.1) is 0 Å². The second-order valence-corrected chi connectivity index (χ2v) is 4.93. The quantitative estimate of drug-likeness (QED) is 0.767. The minimum atomic E-state index is -1.15. The van der Waals surface area contributed by atoms with Crippen molar-refractivity contribution in [3.63, 3.8) is 0 Å². The first-order valence-electron chi connectivity index (χ1n) is 5.79. The number of anilines is 2. The van der Waals surface area contributed by atoms with Crippen LogP contribution in [-0.4, -0.2) is 15.4 Å². The monoisotopic (exact) mass is 288 g/mol. The SMILES string of the molecule is O=C(O)c1ccc(Nc2snc3ccccc23)c(F)c1. The molecule has 0 fully saturated rings. The minimum absolute atomic E-state index is 0.0813. The summed E-state index contributed by atoms with van der Waals surface area (Å²) in [6.07, 6.45) is 0. The Kier molecular flexibility index (Phi) is 3.08. The van der Waals surface area contributed by atoms with Gasteiger partial charge in [0.1, 0.15) is 10.8 Å². The molecule has 2 aromatic carbocycles.